The van der Waals surface area contributed by atoms with Crippen LogP contribution in [0.25, 0.3) is 0 Å². The third-order valence-corrected chi connectivity index (χ3v) is 3.17. The van der Waals surface area contributed by atoms with Gasteiger partial charge >= 0.3 is 0 Å². The van der Waals surface area contributed by atoms with Gasteiger partial charge in [0.15, 0.2) is 0 Å². The topological polar surface area (TPSA) is 54.7 Å². The Morgan fingerprint density at radius 3 is 2.41 bits per heavy atom. The lowest BCUT2D eigenvalue weighted by Crippen LogP contribution is -2.06. The lowest BCUT2D eigenvalue weighted by atomic mass is 10.1. The molecule has 1 rings (SSSR count). The van der Waals surface area contributed by atoms with Crippen molar-refractivity contribution in [1.29, 1.82) is 0 Å². The Kier molecular flexibility index (Phi) is 6.27. The second-order valence-electron chi connectivity index (χ2n) is 5.00. The van der Waals surface area contributed by atoms with Gasteiger partial charge in [-0.25, -0.2) is 4.98 Å². The van der Waals surface area contributed by atoms with Gasteiger partial charge in [0.05, 0.1) is 5.69 Å². The zero-order chi connectivity index (χ0) is 12.7. The van der Waals surface area contributed by atoms with E-state index in [4.69, 9.17) is 5.73 Å². The molecule has 0 aliphatic rings. The Hall–Kier alpha value is -0.830. The molecule has 1 aromatic heterocycles. The second kappa shape index (κ2) is 7.49. The Bertz CT molecular complexity index is 315. The molecule has 1 heterocycles. The molecule has 17 heavy (non-hydrogen) atoms. The van der Waals surface area contributed by atoms with E-state index >= 15 is 0 Å². The maximum absolute atomic E-state index is 5.86. The summed E-state index contributed by atoms with van der Waals surface area (Å²) in [5.41, 5.74) is 8.00. The predicted octanol–water partition coefficient (Wildman–Crippen LogP) is 3.64. The molecular weight excluding hydrogens is 210 g/mol. The van der Waals surface area contributed by atoms with Crippen LogP contribution in [-0.4, -0.2) is 9.97 Å². The number of nitrogens with zero attached hydrogens (tertiary/aromatic N) is 1. The molecule has 3 nitrogen and oxygen atoms in total. The minimum atomic E-state index is 0.0320. The van der Waals surface area contributed by atoms with Gasteiger partial charge in [-0.15, -0.1) is 0 Å². The average molecular weight is 237 g/mol. The first-order valence-corrected chi connectivity index (χ1v) is 6.96. The normalized spacial score (nSPS) is 12.9. The highest BCUT2D eigenvalue weighted by Gasteiger charge is 2.09. The van der Waals surface area contributed by atoms with E-state index in [1.165, 1.54) is 38.5 Å². The van der Waals surface area contributed by atoms with Crippen LogP contribution < -0.4 is 5.73 Å². The van der Waals surface area contributed by atoms with Crippen molar-refractivity contribution in [2.75, 3.05) is 0 Å². The van der Waals surface area contributed by atoms with E-state index in [2.05, 4.69) is 23.8 Å². The fourth-order valence-electron chi connectivity index (χ4n) is 2.17. The predicted molar refractivity (Wildman–Crippen MR) is 73.0 cm³/mol. The van der Waals surface area contributed by atoms with Gasteiger partial charge in [0.1, 0.15) is 5.82 Å². The van der Waals surface area contributed by atoms with Gasteiger partial charge in [-0.3, -0.25) is 0 Å². The molecular formula is C14H27N3. The summed E-state index contributed by atoms with van der Waals surface area (Å²) < 4.78 is 0. The highest BCUT2D eigenvalue weighted by atomic mass is 15.0. The Labute approximate surface area is 105 Å². The van der Waals surface area contributed by atoms with Crippen LogP contribution in [-0.2, 0) is 6.42 Å². The molecule has 0 fully saturated rings. The highest BCUT2D eigenvalue weighted by molar-refractivity contribution is 5.16. The Balaban J connectivity index is 2.25. The van der Waals surface area contributed by atoms with E-state index in [1.54, 1.807) is 0 Å². The van der Waals surface area contributed by atoms with Crippen LogP contribution >= 0.6 is 0 Å². The molecule has 0 aromatic carbocycles. The lowest BCUT2D eigenvalue weighted by molar-refractivity contribution is 0.601. The first-order valence-electron chi connectivity index (χ1n) is 6.96. The fraction of sp³-hybridized carbons (Fsp3) is 0.786. The van der Waals surface area contributed by atoms with Crippen molar-refractivity contribution >= 4 is 0 Å². The smallest absolute Gasteiger partial charge is 0.106 e. The van der Waals surface area contributed by atoms with Crippen molar-refractivity contribution in [2.45, 2.75) is 71.8 Å². The van der Waals surface area contributed by atoms with E-state index in [9.17, 15) is 0 Å². The van der Waals surface area contributed by atoms with Gasteiger partial charge in [-0.1, -0.05) is 39.0 Å². The number of imidazole rings is 1. The van der Waals surface area contributed by atoms with Gasteiger partial charge in [-0.05, 0) is 20.3 Å². The largest absolute Gasteiger partial charge is 0.346 e. The molecule has 1 aromatic rings. The van der Waals surface area contributed by atoms with Crippen LogP contribution in [0.3, 0.4) is 0 Å². The molecule has 0 aliphatic heterocycles. The fourth-order valence-corrected chi connectivity index (χ4v) is 2.17. The van der Waals surface area contributed by atoms with Crippen LogP contribution in [0.4, 0.5) is 0 Å². The van der Waals surface area contributed by atoms with Crippen molar-refractivity contribution in [1.82, 2.24) is 9.97 Å². The van der Waals surface area contributed by atoms with Crippen LogP contribution in [0, 0.1) is 6.92 Å². The summed E-state index contributed by atoms with van der Waals surface area (Å²) in [6, 6.07) is 0.0320. The number of aryl methyl sites for hydroxylation is 2. The van der Waals surface area contributed by atoms with Crippen molar-refractivity contribution in [3.63, 3.8) is 0 Å². The number of aromatic nitrogens is 2. The van der Waals surface area contributed by atoms with E-state index in [0.29, 0.717) is 0 Å². The van der Waals surface area contributed by atoms with E-state index in [-0.39, 0.29) is 6.04 Å². The summed E-state index contributed by atoms with van der Waals surface area (Å²) in [6.45, 7) is 6.29. The van der Waals surface area contributed by atoms with E-state index in [0.717, 1.165) is 23.6 Å². The minimum absolute atomic E-state index is 0.0320. The number of aromatic amines is 1. The number of hydrogen-bond donors (Lipinski definition) is 2. The molecule has 3 heteroatoms. The van der Waals surface area contributed by atoms with Crippen molar-refractivity contribution < 1.29 is 0 Å². The molecule has 0 radical (unpaired) electrons. The van der Waals surface area contributed by atoms with Gasteiger partial charge in [-0.2, -0.15) is 0 Å². The molecule has 0 amide bonds. The van der Waals surface area contributed by atoms with Crippen LogP contribution in [0.15, 0.2) is 0 Å². The third-order valence-electron chi connectivity index (χ3n) is 3.17. The SMILES string of the molecule is CCCCCCCCc1nc(C(C)N)c(C)[nH]1. The minimum Gasteiger partial charge on any atom is -0.346 e. The standard InChI is InChI=1S/C14H27N3/c1-4-5-6-7-8-9-10-13-16-12(3)14(17-13)11(2)15/h11H,4-10,15H2,1-3H3,(H,16,17). The summed E-state index contributed by atoms with van der Waals surface area (Å²) in [6.07, 6.45) is 9.01. The molecule has 0 aliphatic carbocycles. The van der Waals surface area contributed by atoms with E-state index in [1.807, 2.05) is 6.92 Å². The van der Waals surface area contributed by atoms with Crippen LogP contribution in [0.1, 0.15) is 75.6 Å². The van der Waals surface area contributed by atoms with Gasteiger partial charge < -0.3 is 10.7 Å². The van der Waals surface area contributed by atoms with Gasteiger partial charge in [0, 0.05) is 18.2 Å². The summed E-state index contributed by atoms with van der Waals surface area (Å²) >= 11 is 0. The summed E-state index contributed by atoms with van der Waals surface area (Å²) in [5.74, 6) is 1.10. The maximum atomic E-state index is 5.86. The van der Waals surface area contributed by atoms with Gasteiger partial charge in [0.2, 0.25) is 0 Å². The van der Waals surface area contributed by atoms with E-state index < -0.39 is 0 Å². The number of hydrogen-bond acceptors (Lipinski definition) is 2. The highest BCUT2D eigenvalue weighted by Crippen LogP contribution is 2.14. The van der Waals surface area contributed by atoms with Crippen molar-refractivity contribution in [2.24, 2.45) is 5.73 Å². The number of rotatable bonds is 8. The third kappa shape index (κ3) is 4.90. The molecule has 98 valence electrons. The first kappa shape index (κ1) is 14.2. The molecule has 0 saturated heterocycles. The second-order valence-corrected chi connectivity index (χ2v) is 5.00. The lowest BCUT2D eigenvalue weighted by Gasteiger charge is -2.00. The average Bonchev–Trinajstić information content (AvgIpc) is 2.65. The Morgan fingerprint density at radius 1 is 1.18 bits per heavy atom. The molecule has 1 unspecified atom stereocenters. The summed E-state index contributed by atoms with van der Waals surface area (Å²) in [7, 11) is 0. The molecule has 0 spiro atoms. The zero-order valence-electron chi connectivity index (χ0n) is 11.6. The summed E-state index contributed by atoms with van der Waals surface area (Å²) in [5, 5.41) is 0. The maximum Gasteiger partial charge on any atom is 0.106 e. The number of H-pyrrole nitrogens is 1. The number of unbranched alkanes of at least 4 members (excludes halogenated alkanes) is 5. The molecule has 0 saturated carbocycles. The molecule has 1 atom stereocenters. The Morgan fingerprint density at radius 2 is 1.82 bits per heavy atom. The number of nitrogens with two attached hydrogens (primary N) is 1. The zero-order valence-corrected chi connectivity index (χ0v) is 11.6. The summed E-state index contributed by atoms with van der Waals surface area (Å²) in [4.78, 5) is 7.90. The monoisotopic (exact) mass is 237 g/mol. The van der Waals surface area contributed by atoms with Crippen molar-refractivity contribution in [3.05, 3.63) is 17.2 Å². The molecule has 3 N–H and O–H groups in total. The quantitative estimate of drug-likeness (QED) is 0.678. The molecule has 0 bridgehead atoms. The van der Waals surface area contributed by atoms with Crippen LogP contribution in [0.5, 0.6) is 0 Å². The number of nitrogens with one attached hydrogen (secondary N) is 1. The first-order chi connectivity index (χ1) is 8.15. The van der Waals surface area contributed by atoms with Crippen LogP contribution in [0.2, 0.25) is 0 Å². The van der Waals surface area contributed by atoms with Crippen molar-refractivity contribution in [3.8, 4) is 0 Å². The van der Waals surface area contributed by atoms with Gasteiger partial charge in [0.25, 0.3) is 0 Å².